The molecule has 2 aromatic carbocycles. The lowest BCUT2D eigenvalue weighted by molar-refractivity contribution is 0.190. The summed E-state index contributed by atoms with van der Waals surface area (Å²) >= 11 is 9.38. The molecule has 2 aromatic rings. The fraction of sp³-hybridized carbons (Fsp3) is 0.250. The number of benzene rings is 2. The molecule has 0 spiro atoms. The van der Waals surface area contributed by atoms with E-state index < -0.39 is 6.10 Å². The number of methoxy groups -OCH3 is 1. The predicted molar refractivity (Wildman–Crippen MR) is 87.1 cm³/mol. The molecule has 0 heterocycles. The van der Waals surface area contributed by atoms with Crippen LogP contribution in [0.4, 0.5) is 0 Å². The second-order valence-electron chi connectivity index (χ2n) is 4.60. The fourth-order valence-electron chi connectivity index (χ4n) is 1.99. The first-order chi connectivity index (χ1) is 10.0. The molecule has 0 radical (unpaired) electrons. The Balaban J connectivity index is 2.22. The van der Waals surface area contributed by atoms with Crippen molar-refractivity contribution in [3.05, 3.63) is 57.0 Å². The van der Waals surface area contributed by atoms with Crippen molar-refractivity contribution >= 4 is 27.5 Å². The van der Waals surface area contributed by atoms with Crippen LogP contribution in [0.25, 0.3) is 0 Å². The maximum Gasteiger partial charge on any atom is 0.125 e. The van der Waals surface area contributed by atoms with Gasteiger partial charge in [0.15, 0.2) is 0 Å². The van der Waals surface area contributed by atoms with Crippen LogP contribution < -0.4 is 9.47 Å². The number of hydrogen-bond donors (Lipinski definition) is 1. The van der Waals surface area contributed by atoms with Gasteiger partial charge in [0.1, 0.15) is 18.1 Å². The minimum Gasteiger partial charge on any atom is -0.496 e. The second-order valence-corrected chi connectivity index (χ2v) is 5.96. The Morgan fingerprint density at radius 2 is 1.90 bits per heavy atom. The molecule has 0 saturated carbocycles. The Morgan fingerprint density at radius 1 is 1.19 bits per heavy atom. The summed E-state index contributed by atoms with van der Waals surface area (Å²) in [6.45, 7) is 2.02. The summed E-state index contributed by atoms with van der Waals surface area (Å²) in [4.78, 5) is 0. The number of hydrogen-bond acceptors (Lipinski definition) is 3. The van der Waals surface area contributed by atoms with Crippen LogP contribution in [0.5, 0.6) is 11.5 Å². The van der Waals surface area contributed by atoms with Gasteiger partial charge in [-0.1, -0.05) is 27.5 Å². The zero-order valence-corrected chi connectivity index (χ0v) is 14.1. The average molecular weight is 372 g/mol. The molecule has 112 valence electrons. The average Bonchev–Trinajstić information content (AvgIpc) is 2.46. The largest absolute Gasteiger partial charge is 0.496 e. The van der Waals surface area contributed by atoms with E-state index >= 15 is 0 Å². The summed E-state index contributed by atoms with van der Waals surface area (Å²) in [6.07, 6.45) is -0.650. The van der Waals surface area contributed by atoms with Gasteiger partial charge in [-0.2, -0.15) is 0 Å². The molecule has 1 atom stereocenters. The number of ether oxygens (including phenoxy) is 2. The van der Waals surface area contributed by atoms with E-state index in [4.69, 9.17) is 21.1 Å². The van der Waals surface area contributed by atoms with Crippen LogP contribution in [-0.4, -0.2) is 12.2 Å². The standard InChI is InChI=1S/C16H16BrClO3/c1-10(19)14-8-13(18)4-6-16(14)21-9-11-7-12(17)3-5-15(11)20-2/h3-8,10,19H,9H2,1-2H3. The molecule has 0 aliphatic rings. The molecule has 5 heteroatoms. The lowest BCUT2D eigenvalue weighted by Gasteiger charge is -2.15. The highest BCUT2D eigenvalue weighted by molar-refractivity contribution is 9.10. The Kier molecular flexibility index (Phi) is 5.51. The van der Waals surface area contributed by atoms with E-state index in [-0.39, 0.29) is 0 Å². The van der Waals surface area contributed by atoms with Gasteiger partial charge < -0.3 is 14.6 Å². The molecule has 1 N–H and O–H groups in total. The monoisotopic (exact) mass is 370 g/mol. The molecule has 0 aromatic heterocycles. The Morgan fingerprint density at radius 3 is 2.57 bits per heavy atom. The van der Waals surface area contributed by atoms with E-state index in [1.807, 2.05) is 18.2 Å². The fourth-order valence-corrected chi connectivity index (χ4v) is 2.58. The summed E-state index contributed by atoms with van der Waals surface area (Å²) in [6, 6.07) is 10.9. The van der Waals surface area contributed by atoms with E-state index in [0.29, 0.717) is 22.9 Å². The zero-order valence-electron chi connectivity index (χ0n) is 11.8. The van der Waals surface area contributed by atoms with Crippen LogP contribution in [0.1, 0.15) is 24.2 Å². The summed E-state index contributed by atoms with van der Waals surface area (Å²) in [5.41, 5.74) is 1.58. The summed E-state index contributed by atoms with van der Waals surface area (Å²) in [5.74, 6) is 1.36. The molecular formula is C16H16BrClO3. The van der Waals surface area contributed by atoms with Crippen molar-refractivity contribution in [1.82, 2.24) is 0 Å². The van der Waals surface area contributed by atoms with Crippen LogP contribution in [0, 0.1) is 0 Å². The summed E-state index contributed by atoms with van der Waals surface area (Å²) in [7, 11) is 1.62. The van der Waals surface area contributed by atoms with E-state index in [2.05, 4.69) is 15.9 Å². The lowest BCUT2D eigenvalue weighted by atomic mass is 10.1. The van der Waals surface area contributed by atoms with Crippen LogP contribution >= 0.6 is 27.5 Å². The molecule has 2 rings (SSSR count). The van der Waals surface area contributed by atoms with Gasteiger partial charge >= 0.3 is 0 Å². The highest BCUT2D eigenvalue weighted by Gasteiger charge is 2.11. The zero-order chi connectivity index (χ0) is 15.4. The quantitative estimate of drug-likeness (QED) is 0.825. The van der Waals surface area contributed by atoms with Crippen LogP contribution in [-0.2, 0) is 6.61 Å². The van der Waals surface area contributed by atoms with Crippen molar-refractivity contribution in [3.8, 4) is 11.5 Å². The Bertz CT molecular complexity index is 629. The smallest absolute Gasteiger partial charge is 0.125 e. The first kappa shape index (κ1) is 16.1. The molecule has 3 nitrogen and oxygen atoms in total. The highest BCUT2D eigenvalue weighted by Crippen LogP contribution is 2.30. The molecule has 0 amide bonds. The van der Waals surface area contributed by atoms with Gasteiger partial charge in [-0.25, -0.2) is 0 Å². The Labute approximate surface area is 137 Å². The molecule has 0 bridgehead atoms. The molecule has 0 aliphatic heterocycles. The van der Waals surface area contributed by atoms with Crippen molar-refractivity contribution in [2.24, 2.45) is 0 Å². The number of rotatable bonds is 5. The Hall–Kier alpha value is -1.23. The van der Waals surface area contributed by atoms with E-state index in [0.717, 1.165) is 15.8 Å². The molecule has 1 unspecified atom stereocenters. The second kappa shape index (κ2) is 7.16. The summed E-state index contributed by atoms with van der Waals surface area (Å²) < 4.78 is 12.1. The van der Waals surface area contributed by atoms with Crippen molar-refractivity contribution in [3.63, 3.8) is 0 Å². The van der Waals surface area contributed by atoms with Crippen molar-refractivity contribution in [2.75, 3.05) is 7.11 Å². The topological polar surface area (TPSA) is 38.7 Å². The SMILES string of the molecule is COc1ccc(Br)cc1COc1ccc(Cl)cc1C(C)O. The van der Waals surface area contributed by atoms with Crippen molar-refractivity contribution in [2.45, 2.75) is 19.6 Å². The molecular weight excluding hydrogens is 356 g/mol. The van der Waals surface area contributed by atoms with Crippen LogP contribution in [0.3, 0.4) is 0 Å². The first-order valence-corrected chi connectivity index (χ1v) is 7.61. The molecule has 0 aliphatic carbocycles. The van der Waals surface area contributed by atoms with Crippen LogP contribution in [0.15, 0.2) is 40.9 Å². The van der Waals surface area contributed by atoms with E-state index in [1.165, 1.54) is 0 Å². The van der Waals surface area contributed by atoms with Gasteiger partial charge in [0.2, 0.25) is 0 Å². The third-order valence-electron chi connectivity index (χ3n) is 3.05. The van der Waals surface area contributed by atoms with Gasteiger partial charge in [-0.3, -0.25) is 0 Å². The first-order valence-electron chi connectivity index (χ1n) is 6.44. The molecule has 21 heavy (non-hydrogen) atoms. The van der Waals surface area contributed by atoms with E-state index in [9.17, 15) is 5.11 Å². The van der Waals surface area contributed by atoms with Gasteiger partial charge in [0.25, 0.3) is 0 Å². The van der Waals surface area contributed by atoms with Crippen molar-refractivity contribution in [1.29, 1.82) is 0 Å². The third kappa shape index (κ3) is 4.13. The molecule has 0 fully saturated rings. The predicted octanol–water partition coefficient (Wildman–Crippen LogP) is 4.74. The maximum atomic E-state index is 9.80. The van der Waals surface area contributed by atoms with E-state index in [1.54, 1.807) is 32.2 Å². The normalized spacial score (nSPS) is 12.0. The van der Waals surface area contributed by atoms with Crippen molar-refractivity contribution < 1.29 is 14.6 Å². The molecule has 0 saturated heterocycles. The highest BCUT2D eigenvalue weighted by atomic mass is 79.9. The van der Waals surface area contributed by atoms with Gasteiger partial charge in [-0.15, -0.1) is 0 Å². The minimum absolute atomic E-state index is 0.337. The third-order valence-corrected chi connectivity index (χ3v) is 3.78. The number of aliphatic hydroxyl groups excluding tert-OH is 1. The number of aliphatic hydroxyl groups is 1. The van der Waals surface area contributed by atoms with Gasteiger partial charge in [-0.05, 0) is 43.3 Å². The van der Waals surface area contributed by atoms with Gasteiger partial charge in [0.05, 0.1) is 13.2 Å². The van der Waals surface area contributed by atoms with Crippen LogP contribution in [0.2, 0.25) is 5.02 Å². The number of halogens is 2. The lowest BCUT2D eigenvalue weighted by Crippen LogP contribution is -2.02. The maximum absolute atomic E-state index is 9.80. The van der Waals surface area contributed by atoms with Gasteiger partial charge in [0, 0.05) is 20.6 Å². The summed E-state index contributed by atoms with van der Waals surface area (Å²) in [5, 5.41) is 10.4. The minimum atomic E-state index is -0.650.